The molecule has 2 aliphatic rings. The van der Waals surface area contributed by atoms with Crippen molar-refractivity contribution in [2.24, 2.45) is 0 Å². The monoisotopic (exact) mass is 271 g/mol. The molecule has 92 valence electrons. The summed E-state index contributed by atoms with van der Waals surface area (Å²) in [5.41, 5.74) is 2.45. The van der Waals surface area contributed by atoms with Crippen LogP contribution in [-0.2, 0) is 13.0 Å². The van der Waals surface area contributed by atoms with E-state index < -0.39 is 0 Å². The lowest BCUT2D eigenvalue weighted by Gasteiger charge is -2.17. The lowest BCUT2D eigenvalue weighted by Crippen LogP contribution is -2.20. The Labute approximate surface area is 111 Å². The molecule has 2 heterocycles. The second-order valence-electron chi connectivity index (χ2n) is 4.77. The first-order chi connectivity index (χ1) is 8.22. The van der Waals surface area contributed by atoms with Crippen molar-refractivity contribution in [1.29, 1.82) is 0 Å². The van der Waals surface area contributed by atoms with Crippen molar-refractivity contribution in [3.8, 4) is 5.75 Å². The Kier molecular flexibility index (Phi) is 3.20. The van der Waals surface area contributed by atoms with Gasteiger partial charge in [0.2, 0.25) is 0 Å². The van der Waals surface area contributed by atoms with E-state index in [1.807, 2.05) is 12.1 Å². The molecule has 3 rings (SSSR count). The Morgan fingerprint density at radius 2 is 2.29 bits per heavy atom. The van der Waals surface area contributed by atoms with Gasteiger partial charge in [-0.25, -0.2) is 0 Å². The maximum Gasteiger partial charge on any atom is 0.127 e. The second kappa shape index (κ2) is 4.68. The fraction of sp³-hybridized carbons (Fsp3) is 0.538. The first kappa shape index (κ1) is 11.6. The lowest BCUT2D eigenvalue weighted by molar-refractivity contribution is 0.313. The highest BCUT2D eigenvalue weighted by Crippen LogP contribution is 2.34. The Morgan fingerprint density at radius 1 is 1.41 bits per heavy atom. The summed E-state index contributed by atoms with van der Waals surface area (Å²) in [5, 5.41) is 1.11. The minimum absolute atomic E-state index is 0.295. The summed E-state index contributed by atoms with van der Waals surface area (Å²) in [5.74, 6) is 1.05. The summed E-state index contributed by atoms with van der Waals surface area (Å²) >= 11 is 12.3. The minimum atomic E-state index is 0.295. The van der Waals surface area contributed by atoms with Gasteiger partial charge in [0.15, 0.2) is 0 Å². The zero-order chi connectivity index (χ0) is 11.8. The molecule has 2 aliphatic heterocycles. The molecule has 2 nitrogen and oxygen atoms in total. The minimum Gasteiger partial charge on any atom is -0.493 e. The number of hydrogen-bond acceptors (Lipinski definition) is 2. The molecule has 1 aromatic carbocycles. The Hall–Kier alpha value is -0.440. The smallest absolute Gasteiger partial charge is 0.127 e. The standard InChI is InChI=1S/C13H15Cl2NO/c14-11-1-3-16(8-11)7-10-6-12(15)5-9-2-4-17-13(9)10/h5-6,11H,1-4,7-8H2. The summed E-state index contributed by atoms with van der Waals surface area (Å²) < 4.78 is 5.70. The summed E-state index contributed by atoms with van der Waals surface area (Å²) in [6, 6.07) is 4.04. The van der Waals surface area contributed by atoms with E-state index in [1.165, 1.54) is 11.1 Å². The average Bonchev–Trinajstić information content (AvgIpc) is 2.87. The van der Waals surface area contributed by atoms with Gasteiger partial charge in [0.25, 0.3) is 0 Å². The zero-order valence-electron chi connectivity index (χ0n) is 9.59. The van der Waals surface area contributed by atoms with Gasteiger partial charge in [0.05, 0.1) is 6.61 Å². The van der Waals surface area contributed by atoms with Crippen LogP contribution in [0.2, 0.25) is 5.02 Å². The first-order valence-electron chi connectivity index (χ1n) is 6.03. The molecule has 0 N–H and O–H groups in total. The molecule has 1 fully saturated rings. The van der Waals surface area contributed by atoms with Crippen molar-refractivity contribution in [2.75, 3.05) is 19.7 Å². The molecule has 0 aliphatic carbocycles. The number of rotatable bonds is 2. The number of fused-ring (bicyclic) bond motifs is 1. The molecule has 1 unspecified atom stereocenters. The van der Waals surface area contributed by atoms with E-state index in [2.05, 4.69) is 4.90 Å². The molecule has 0 bridgehead atoms. The fourth-order valence-electron chi connectivity index (χ4n) is 2.63. The highest BCUT2D eigenvalue weighted by Gasteiger charge is 2.23. The van der Waals surface area contributed by atoms with Gasteiger partial charge < -0.3 is 4.74 Å². The zero-order valence-corrected chi connectivity index (χ0v) is 11.1. The van der Waals surface area contributed by atoms with E-state index in [0.29, 0.717) is 5.38 Å². The van der Waals surface area contributed by atoms with Gasteiger partial charge in [0.1, 0.15) is 5.75 Å². The highest BCUT2D eigenvalue weighted by atomic mass is 35.5. The molecule has 4 heteroatoms. The van der Waals surface area contributed by atoms with Gasteiger partial charge in [-0.05, 0) is 30.7 Å². The lowest BCUT2D eigenvalue weighted by atomic mass is 10.1. The largest absolute Gasteiger partial charge is 0.493 e. The van der Waals surface area contributed by atoms with E-state index in [9.17, 15) is 0 Å². The molecular weight excluding hydrogens is 257 g/mol. The van der Waals surface area contributed by atoms with Crippen molar-refractivity contribution >= 4 is 23.2 Å². The molecule has 1 aromatic rings. The van der Waals surface area contributed by atoms with Gasteiger partial charge in [-0.1, -0.05) is 11.6 Å². The summed E-state index contributed by atoms with van der Waals surface area (Å²) in [6.45, 7) is 3.70. The average molecular weight is 272 g/mol. The van der Waals surface area contributed by atoms with Crippen molar-refractivity contribution in [2.45, 2.75) is 24.8 Å². The maximum absolute atomic E-state index is 6.14. The van der Waals surface area contributed by atoms with Crippen LogP contribution in [0.1, 0.15) is 17.5 Å². The molecular formula is C13H15Cl2NO. The Bertz CT molecular complexity index is 436. The molecule has 0 aromatic heterocycles. The molecule has 0 saturated carbocycles. The molecule has 17 heavy (non-hydrogen) atoms. The predicted octanol–water partition coefficient (Wildman–Crippen LogP) is 3.09. The highest BCUT2D eigenvalue weighted by molar-refractivity contribution is 6.30. The molecule has 0 amide bonds. The van der Waals surface area contributed by atoms with E-state index in [4.69, 9.17) is 27.9 Å². The van der Waals surface area contributed by atoms with Crippen molar-refractivity contribution < 1.29 is 4.74 Å². The molecule has 1 atom stereocenters. The Balaban J connectivity index is 1.83. The second-order valence-corrected chi connectivity index (χ2v) is 5.83. The third-order valence-corrected chi connectivity index (χ3v) is 4.01. The van der Waals surface area contributed by atoms with Crippen LogP contribution in [0.15, 0.2) is 12.1 Å². The van der Waals surface area contributed by atoms with Crippen LogP contribution in [0.25, 0.3) is 0 Å². The van der Waals surface area contributed by atoms with Crippen molar-refractivity contribution in [1.82, 2.24) is 4.90 Å². The first-order valence-corrected chi connectivity index (χ1v) is 6.84. The summed E-state index contributed by atoms with van der Waals surface area (Å²) in [6.07, 6.45) is 2.05. The number of alkyl halides is 1. The van der Waals surface area contributed by atoms with Crippen LogP contribution in [0, 0.1) is 0 Å². The fourth-order valence-corrected chi connectivity index (χ4v) is 3.19. The summed E-state index contributed by atoms with van der Waals surface area (Å²) in [7, 11) is 0. The third-order valence-electron chi connectivity index (χ3n) is 3.43. The van der Waals surface area contributed by atoms with Gasteiger partial charge in [-0.2, -0.15) is 0 Å². The van der Waals surface area contributed by atoms with Crippen LogP contribution in [-0.4, -0.2) is 30.0 Å². The van der Waals surface area contributed by atoms with Gasteiger partial charge in [-0.15, -0.1) is 11.6 Å². The van der Waals surface area contributed by atoms with Crippen LogP contribution in [0.4, 0.5) is 0 Å². The van der Waals surface area contributed by atoms with Crippen molar-refractivity contribution in [3.05, 3.63) is 28.3 Å². The van der Waals surface area contributed by atoms with Gasteiger partial charge >= 0.3 is 0 Å². The predicted molar refractivity (Wildman–Crippen MR) is 70.2 cm³/mol. The van der Waals surface area contributed by atoms with Crippen LogP contribution >= 0.6 is 23.2 Å². The third kappa shape index (κ3) is 2.40. The van der Waals surface area contributed by atoms with Crippen LogP contribution in [0.3, 0.4) is 0 Å². The van der Waals surface area contributed by atoms with Crippen molar-refractivity contribution in [3.63, 3.8) is 0 Å². The number of ether oxygens (including phenoxy) is 1. The number of likely N-dealkylation sites (tertiary alicyclic amines) is 1. The van der Waals surface area contributed by atoms with Gasteiger partial charge in [0, 0.05) is 35.5 Å². The molecule has 0 radical (unpaired) electrons. The number of nitrogens with zero attached hydrogens (tertiary/aromatic N) is 1. The normalized spacial score (nSPS) is 23.8. The van der Waals surface area contributed by atoms with Crippen LogP contribution < -0.4 is 4.74 Å². The molecule has 1 saturated heterocycles. The topological polar surface area (TPSA) is 12.5 Å². The Morgan fingerprint density at radius 3 is 3.06 bits per heavy atom. The van der Waals surface area contributed by atoms with E-state index >= 15 is 0 Å². The number of halogens is 2. The van der Waals surface area contributed by atoms with E-state index in [-0.39, 0.29) is 0 Å². The number of hydrogen-bond donors (Lipinski definition) is 0. The summed E-state index contributed by atoms with van der Waals surface area (Å²) in [4.78, 5) is 2.37. The van der Waals surface area contributed by atoms with E-state index in [1.54, 1.807) is 0 Å². The van der Waals surface area contributed by atoms with E-state index in [0.717, 1.165) is 49.9 Å². The number of benzene rings is 1. The quantitative estimate of drug-likeness (QED) is 0.767. The SMILES string of the molecule is Clc1cc2c(c(CN3CCC(Cl)C3)c1)OCC2. The maximum atomic E-state index is 6.14. The van der Waals surface area contributed by atoms with Gasteiger partial charge in [-0.3, -0.25) is 4.90 Å². The molecule has 0 spiro atoms. The van der Waals surface area contributed by atoms with Crippen LogP contribution in [0.5, 0.6) is 5.75 Å².